The number of rotatable bonds is 3. The molecule has 2 aliphatic carbocycles. The SMILES string of the molecule is COc1ccc(OC)c([C@H]2[C@@H]3C[C@@H](C(C)(C)C)CC=C3C(C#N)=C(N)C2(C#N)C#N)c1. The summed E-state index contributed by atoms with van der Waals surface area (Å²) in [5.41, 5.74) is 6.56. The fraction of sp³-hybridized carbons (Fsp3) is 0.480. The van der Waals surface area contributed by atoms with Crippen molar-refractivity contribution in [2.24, 2.45) is 28.4 Å². The lowest BCUT2D eigenvalue weighted by atomic mass is 9.54. The average Bonchev–Trinajstić information content (AvgIpc) is 2.77. The van der Waals surface area contributed by atoms with Crippen LogP contribution in [0, 0.1) is 56.7 Å². The van der Waals surface area contributed by atoms with Crippen molar-refractivity contribution in [1.29, 1.82) is 15.8 Å². The normalized spacial score (nSPS) is 24.7. The molecule has 0 unspecified atom stereocenters. The van der Waals surface area contributed by atoms with Crippen LogP contribution in [0.4, 0.5) is 0 Å². The van der Waals surface area contributed by atoms with Gasteiger partial charge in [0.25, 0.3) is 0 Å². The van der Waals surface area contributed by atoms with Gasteiger partial charge in [-0.2, -0.15) is 15.8 Å². The van der Waals surface area contributed by atoms with E-state index in [-0.39, 0.29) is 22.6 Å². The van der Waals surface area contributed by atoms with Gasteiger partial charge in [-0.25, -0.2) is 0 Å². The van der Waals surface area contributed by atoms with Gasteiger partial charge in [0, 0.05) is 11.5 Å². The number of allylic oxidation sites excluding steroid dienone is 4. The van der Waals surface area contributed by atoms with Gasteiger partial charge in [-0.1, -0.05) is 26.8 Å². The summed E-state index contributed by atoms with van der Waals surface area (Å²) in [6, 6.07) is 11.9. The summed E-state index contributed by atoms with van der Waals surface area (Å²) in [6.07, 6.45) is 3.64. The molecule has 0 aliphatic heterocycles. The van der Waals surface area contributed by atoms with Gasteiger partial charge < -0.3 is 15.2 Å². The summed E-state index contributed by atoms with van der Waals surface area (Å²) in [5.74, 6) is 0.671. The predicted octanol–water partition coefficient (Wildman–Crippen LogP) is 4.57. The summed E-state index contributed by atoms with van der Waals surface area (Å²) < 4.78 is 11.1. The third kappa shape index (κ3) is 3.41. The van der Waals surface area contributed by atoms with Gasteiger partial charge in [-0.3, -0.25) is 0 Å². The third-order valence-corrected chi connectivity index (χ3v) is 6.87. The maximum absolute atomic E-state index is 10.3. The molecule has 6 nitrogen and oxygen atoms in total. The lowest BCUT2D eigenvalue weighted by molar-refractivity contribution is 0.169. The van der Waals surface area contributed by atoms with Gasteiger partial charge in [0.1, 0.15) is 17.6 Å². The molecule has 0 aromatic heterocycles. The fourth-order valence-electron chi connectivity index (χ4n) is 5.02. The van der Waals surface area contributed by atoms with Crippen molar-refractivity contribution in [3.8, 4) is 29.7 Å². The van der Waals surface area contributed by atoms with E-state index in [1.807, 2.05) is 6.07 Å². The first-order valence-electron chi connectivity index (χ1n) is 10.3. The van der Waals surface area contributed by atoms with Gasteiger partial charge in [-0.15, -0.1) is 0 Å². The van der Waals surface area contributed by atoms with E-state index in [0.29, 0.717) is 23.0 Å². The van der Waals surface area contributed by atoms with Crippen LogP contribution < -0.4 is 15.2 Å². The molecule has 0 radical (unpaired) electrons. The number of nitrogens with zero attached hydrogens (tertiary/aromatic N) is 3. The van der Waals surface area contributed by atoms with Crippen molar-refractivity contribution in [2.45, 2.75) is 39.5 Å². The Bertz CT molecular complexity index is 1060. The second-order valence-electron chi connectivity index (χ2n) is 9.32. The zero-order valence-electron chi connectivity index (χ0n) is 18.7. The highest BCUT2D eigenvalue weighted by molar-refractivity contribution is 5.61. The molecule has 0 bridgehead atoms. The first-order chi connectivity index (χ1) is 14.7. The van der Waals surface area contributed by atoms with Crippen molar-refractivity contribution < 1.29 is 9.47 Å². The summed E-state index contributed by atoms with van der Waals surface area (Å²) in [4.78, 5) is 0. The molecule has 160 valence electrons. The highest BCUT2D eigenvalue weighted by atomic mass is 16.5. The Morgan fingerprint density at radius 1 is 1.10 bits per heavy atom. The number of hydrogen-bond donors (Lipinski definition) is 1. The zero-order valence-corrected chi connectivity index (χ0v) is 18.7. The standard InChI is InChI=1S/C25H28N4O2/c1-24(2,3)15-6-8-17-18(10-15)22(19-11-16(30-4)7-9-21(19)31-5)25(13-27,14-28)23(29)20(17)12-26/h7-9,11,15,18,22H,6,10,29H2,1-5H3/t15-,18+,22+/m0/s1. The number of nitrogens with two attached hydrogens (primary N) is 1. The Morgan fingerprint density at radius 2 is 1.77 bits per heavy atom. The average molecular weight is 417 g/mol. The molecule has 6 heteroatoms. The minimum absolute atomic E-state index is 0.0200. The molecule has 0 saturated heterocycles. The monoisotopic (exact) mass is 416 g/mol. The topological polar surface area (TPSA) is 116 Å². The van der Waals surface area contributed by atoms with Crippen LogP contribution in [0.5, 0.6) is 11.5 Å². The number of benzene rings is 1. The molecular formula is C25H28N4O2. The second kappa shape index (κ2) is 8.01. The summed E-state index contributed by atoms with van der Waals surface area (Å²) in [7, 11) is 3.13. The van der Waals surface area contributed by atoms with Gasteiger partial charge in [0.2, 0.25) is 0 Å². The second-order valence-corrected chi connectivity index (χ2v) is 9.32. The molecule has 1 aromatic rings. The van der Waals surface area contributed by atoms with E-state index in [1.165, 1.54) is 0 Å². The lowest BCUT2D eigenvalue weighted by Gasteiger charge is -2.47. The zero-order chi connectivity index (χ0) is 23.0. The lowest BCUT2D eigenvalue weighted by Crippen LogP contribution is -2.44. The van der Waals surface area contributed by atoms with Gasteiger partial charge >= 0.3 is 0 Å². The molecular weight excluding hydrogens is 388 g/mol. The first kappa shape index (κ1) is 22.3. The van der Waals surface area contributed by atoms with E-state index < -0.39 is 11.3 Å². The molecule has 3 rings (SSSR count). The molecule has 1 aromatic carbocycles. The van der Waals surface area contributed by atoms with Crippen LogP contribution in [0.2, 0.25) is 0 Å². The number of methoxy groups -OCH3 is 2. The number of nitriles is 3. The van der Waals surface area contributed by atoms with E-state index in [2.05, 4.69) is 45.1 Å². The van der Waals surface area contributed by atoms with Crippen LogP contribution in [0.15, 0.2) is 41.1 Å². The fourth-order valence-corrected chi connectivity index (χ4v) is 5.02. The van der Waals surface area contributed by atoms with E-state index in [9.17, 15) is 15.8 Å². The van der Waals surface area contributed by atoms with Crippen molar-refractivity contribution in [1.82, 2.24) is 0 Å². The summed E-state index contributed by atoms with van der Waals surface area (Å²) in [5, 5.41) is 30.4. The molecule has 31 heavy (non-hydrogen) atoms. The quantitative estimate of drug-likeness (QED) is 0.771. The van der Waals surface area contributed by atoms with Crippen molar-refractivity contribution in [2.75, 3.05) is 14.2 Å². The predicted molar refractivity (Wildman–Crippen MR) is 117 cm³/mol. The molecule has 0 fully saturated rings. The van der Waals surface area contributed by atoms with Crippen LogP contribution in [0.3, 0.4) is 0 Å². The van der Waals surface area contributed by atoms with E-state index in [1.54, 1.807) is 26.4 Å². The van der Waals surface area contributed by atoms with E-state index in [0.717, 1.165) is 18.4 Å². The van der Waals surface area contributed by atoms with Crippen molar-refractivity contribution in [3.63, 3.8) is 0 Å². The molecule has 2 aliphatic rings. The van der Waals surface area contributed by atoms with Crippen LogP contribution >= 0.6 is 0 Å². The summed E-state index contributed by atoms with van der Waals surface area (Å²) in [6.45, 7) is 6.58. The first-order valence-corrected chi connectivity index (χ1v) is 10.3. The van der Waals surface area contributed by atoms with E-state index >= 15 is 0 Å². The van der Waals surface area contributed by atoms with Crippen LogP contribution in [0.25, 0.3) is 0 Å². The number of ether oxygens (including phenoxy) is 2. The Balaban J connectivity index is 2.37. The molecule has 0 heterocycles. The highest BCUT2D eigenvalue weighted by Gasteiger charge is 2.55. The molecule has 3 atom stereocenters. The van der Waals surface area contributed by atoms with Gasteiger partial charge in [0.05, 0.1) is 37.6 Å². The Morgan fingerprint density at radius 3 is 2.29 bits per heavy atom. The largest absolute Gasteiger partial charge is 0.497 e. The number of fused-ring (bicyclic) bond motifs is 1. The molecule has 0 saturated carbocycles. The van der Waals surface area contributed by atoms with Crippen molar-refractivity contribution in [3.05, 3.63) is 46.7 Å². The maximum atomic E-state index is 10.3. The molecule has 0 amide bonds. The third-order valence-electron chi connectivity index (χ3n) is 6.87. The highest BCUT2D eigenvalue weighted by Crippen LogP contribution is 2.59. The minimum atomic E-state index is -1.69. The summed E-state index contributed by atoms with van der Waals surface area (Å²) >= 11 is 0. The van der Waals surface area contributed by atoms with Gasteiger partial charge in [-0.05, 0) is 53.9 Å². The number of hydrogen-bond acceptors (Lipinski definition) is 6. The van der Waals surface area contributed by atoms with Crippen LogP contribution in [-0.2, 0) is 0 Å². The van der Waals surface area contributed by atoms with Crippen LogP contribution in [-0.4, -0.2) is 14.2 Å². The van der Waals surface area contributed by atoms with Crippen molar-refractivity contribution >= 4 is 0 Å². The van der Waals surface area contributed by atoms with E-state index in [4.69, 9.17) is 15.2 Å². The Labute approximate surface area is 184 Å². The molecule has 0 spiro atoms. The maximum Gasteiger partial charge on any atom is 0.191 e. The smallest absolute Gasteiger partial charge is 0.191 e. The Hall–Kier alpha value is -3.43. The minimum Gasteiger partial charge on any atom is -0.497 e. The Kier molecular flexibility index (Phi) is 5.75. The molecule has 2 N–H and O–H groups in total. The van der Waals surface area contributed by atoms with Gasteiger partial charge in [0.15, 0.2) is 5.41 Å². The van der Waals surface area contributed by atoms with Crippen LogP contribution in [0.1, 0.15) is 45.1 Å².